The van der Waals surface area contributed by atoms with E-state index in [0.717, 1.165) is 17.0 Å². The largest absolute Gasteiger partial charge is 0.497 e. The third kappa shape index (κ3) is 5.31. The Morgan fingerprint density at radius 3 is 2.47 bits per heavy atom. The molecule has 0 radical (unpaired) electrons. The van der Waals surface area contributed by atoms with Crippen LogP contribution in [0, 0.1) is 5.82 Å². The number of nitrogens with zero attached hydrogens (tertiary/aromatic N) is 4. The van der Waals surface area contributed by atoms with E-state index in [-0.39, 0.29) is 30.0 Å². The molecule has 0 bridgehead atoms. The van der Waals surface area contributed by atoms with Crippen molar-refractivity contribution in [2.24, 2.45) is 0 Å². The van der Waals surface area contributed by atoms with E-state index in [1.807, 2.05) is 51.1 Å². The molecule has 0 saturated heterocycles. The van der Waals surface area contributed by atoms with E-state index in [9.17, 15) is 9.18 Å². The second-order valence-corrected chi connectivity index (χ2v) is 8.84. The molecule has 4 rings (SSSR count). The van der Waals surface area contributed by atoms with Gasteiger partial charge in [-0.1, -0.05) is 25.9 Å². The molecule has 0 aliphatic carbocycles. The number of aromatic nitrogens is 4. The van der Waals surface area contributed by atoms with Crippen LogP contribution in [-0.2, 0) is 16.6 Å². The minimum atomic E-state index is -0.342. The maximum Gasteiger partial charge on any atom is 0.227 e. The van der Waals surface area contributed by atoms with Crippen molar-refractivity contribution in [3.05, 3.63) is 72.0 Å². The van der Waals surface area contributed by atoms with E-state index >= 15 is 0 Å². The fourth-order valence-corrected chi connectivity index (χ4v) is 3.26. The van der Waals surface area contributed by atoms with E-state index in [4.69, 9.17) is 9.26 Å². The Kier molecular flexibility index (Phi) is 6.45. The zero-order valence-electron chi connectivity index (χ0n) is 19.5. The van der Waals surface area contributed by atoms with Crippen LogP contribution >= 0.6 is 0 Å². The summed E-state index contributed by atoms with van der Waals surface area (Å²) >= 11 is 0. The molecule has 1 amide bonds. The highest BCUT2D eigenvalue weighted by Gasteiger charge is 2.22. The summed E-state index contributed by atoms with van der Waals surface area (Å²) < 4.78 is 25.5. The molecule has 0 saturated carbocycles. The lowest BCUT2D eigenvalue weighted by atomic mass is 9.92. The average molecular weight is 464 g/mol. The van der Waals surface area contributed by atoms with Crippen LogP contribution in [0.4, 0.5) is 10.2 Å². The van der Waals surface area contributed by atoms with Crippen molar-refractivity contribution >= 4 is 11.7 Å². The Balaban J connectivity index is 1.45. The Hall–Kier alpha value is -4.01. The monoisotopic (exact) mass is 463 g/mol. The normalized spacial score (nSPS) is 11.4. The van der Waals surface area contributed by atoms with Crippen molar-refractivity contribution in [2.45, 2.75) is 39.0 Å². The van der Waals surface area contributed by atoms with E-state index in [1.54, 1.807) is 23.9 Å². The second kappa shape index (κ2) is 9.46. The number of amides is 1. The molecule has 2 aromatic carbocycles. The van der Waals surface area contributed by atoms with Crippen LogP contribution in [0.5, 0.6) is 5.75 Å². The van der Waals surface area contributed by atoms with Crippen LogP contribution in [0.15, 0.2) is 59.1 Å². The maximum atomic E-state index is 13.4. The zero-order chi connectivity index (χ0) is 24.3. The van der Waals surface area contributed by atoms with Crippen LogP contribution in [0.3, 0.4) is 0 Å². The van der Waals surface area contributed by atoms with Gasteiger partial charge in [-0.3, -0.25) is 4.79 Å². The number of ether oxygens (including phenoxy) is 1. The number of carbonyl (C=O) groups is 1. The zero-order valence-corrected chi connectivity index (χ0v) is 19.5. The molecule has 1 N–H and O–H groups in total. The SMILES string of the molecule is COc1ccc(-c2noc(CCC(=O)Nc3cc(C(C)(C)C)nn3-c3ccc(F)cc3)n2)cc1. The number of hydrogen-bond acceptors (Lipinski definition) is 6. The van der Waals surface area contributed by atoms with Crippen molar-refractivity contribution in [3.63, 3.8) is 0 Å². The average Bonchev–Trinajstić information content (AvgIpc) is 3.46. The van der Waals surface area contributed by atoms with Gasteiger partial charge in [0.1, 0.15) is 17.4 Å². The van der Waals surface area contributed by atoms with Crippen molar-refractivity contribution in [1.82, 2.24) is 19.9 Å². The lowest BCUT2D eigenvalue weighted by Gasteiger charge is -2.14. The molecule has 2 heterocycles. The highest BCUT2D eigenvalue weighted by atomic mass is 19.1. The fourth-order valence-electron chi connectivity index (χ4n) is 3.26. The first kappa shape index (κ1) is 23.2. The van der Waals surface area contributed by atoms with Crippen LogP contribution in [-0.4, -0.2) is 32.9 Å². The summed E-state index contributed by atoms with van der Waals surface area (Å²) in [6.45, 7) is 6.10. The number of hydrogen-bond donors (Lipinski definition) is 1. The molecule has 4 aromatic rings. The summed E-state index contributed by atoms with van der Waals surface area (Å²) in [6.07, 6.45) is 0.426. The summed E-state index contributed by atoms with van der Waals surface area (Å²) in [5.41, 5.74) is 2.01. The Bertz CT molecular complexity index is 1270. The number of rotatable bonds is 7. The Labute approximate surface area is 196 Å². The molecule has 0 fully saturated rings. The maximum absolute atomic E-state index is 13.4. The predicted molar refractivity (Wildman–Crippen MR) is 125 cm³/mol. The van der Waals surface area contributed by atoms with Gasteiger partial charge in [0, 0.05) is 29.9 Å². The van der Waals surface area contributed by atoms with Crippen molar-refractivity contribution in [1.29, 1.82) is 0 Å². The van der Waals surface area contributed by atoms with E-state index in [1.165, 1.54) is 12.1 Å². The van der Waals surface area contributed by atoms with E-state index in [0.29, 0.717) is 23.2 Å². The Morgan fingerprint density at radius 1 is 1.12 bits per heavy atom. The first-order valence-electron chi connectivity index (χ1n) is 10.9. The van der Waals surface area contributed by atoms with Gasteiger partial charge < -0.3 is 14.6 Å². The number of aryl methyl sites for hydroxylation is 1. The van der Waals surface area contributed by atoms with Gasteiger partial charge in [0.15, 0.2) is 0 Å². The van der Waals surface area contributed by atoms with Crippen LogP contribution < -0.4 is 10.1 Å². The van der Waals surface area contributed by atoms with Crippen molar-refractivity contribution < 1.29 is 18.4 Å². The standard InChI is InChI=1S/C25H26FN5O3/c1-25(2,3)20-15-21(31(29-20)18-9-7-17(26)8-10-18)27-22(32)13-14-23-28-24(30-34-23)16-5-11-19(33-4)12-6-16/h5-12,15H,13-14H2,1-4H3,(H,27,32). The molecule has 0 spiro atoms. The summed E-state index contributed by atoms with van der Waals surface area (Å²) in [5, 5.41) is 11.5. The van der Waals surface area contributed by atoms with Crippen LogP contribution in [0.25, 0.3) is 17.1 Å². The number of halogens is 1. The molecular formula is C25H26FN5O3. The number of nitrogens with one attached hydrogen (secondary N) is 1. The van der Waals surface area contributed by atoms with Gasteiger partial charge >= 0.3 is 0 Å². The summed E-state index contributed by atoms with van der Waals surface area (Å²) in [4.78, 5) is 17.1. The third-order valence-electron chi connectivity index (χ3n) is 5.20. The highest BCUT2D eigenvalue weighted by molar-refractivity contribution is 5.90. The van der Waals surface area contributed by atoms with E-state index < -0.39 is 0 Å². The molecule has 0 atom stereocenters. The highest BCUT2D eigenvalue weighted by Crippen LogP contribution is 2.27. The van der Waals surface area contributed by atoms with Crippen LogP contribution in [0.1, 0.15) is 38.8 Å². The van der Waals surface area contributed by atoms with Crippen molar-refractivity contribution in [3.8, 4) is 22.8 Å². The quantitative estimate of drug-likeness (QED) is 0.417. The van der Waals surface area contributed by atoms with Gasteiger partial charge in [0.05, 0.1) is 18.5 Å². The van der Waals surface area contributed by atoms with Gasteiger partial charge in [-0.15, -0.1) is 0 Å². The van der Waals surface area contributed by atoms with Crippen LogP contribution in [0.2, 0.25) is 0 Å². The Morgan fingerprint density at radius 2 is 1.82 bits per heavy atom. The van der Waals surface area contributed by atoms with Gasteiger partial charge in [0.2, 0.25) is 17.6 Å². The second-order valence-electron chi connectivity index (χ2n) is 8.84. The van der Waals surface area contributed by atoms with Crippen molar-refractivity contribution in [2.75, 3.05) is 12.4 Å². The third-order valence-corrected chi connectivity index (χ3v) is 5.20. The molecule has 2 aromatic heterocycles. The smallest absolute Gasteiger partial charge is 0.227 e. The fraction of sp³-hybridized carbons (Fsp3) is 0.280. The molecule has 176 valence electrons. The molecule has 8 nitrogen and oxygen atoms in total. The molecule has 0 aliphatic rings. The topological polar surface area (TPSA) is 95.1 Å². The minimum absolute atomic E-state index is 0.143. The van der Waals surface area contributed by atoms with E-state index in [2.05, 4.69) is 20.6 Å². The lowest BCUT2D eigenvalue weighted by molar-refractivity contribution is -0.116. The molecular weight excluding hydrogens is 437 g/mol. The minimum Gasteiger partial charge on any atom is -0.497 e. The predicted octanol–water partition coefficient (Wildman–Crippen LogP) is 4.94. The van der Waals surface area contributed by atoms with Gasteiger partial charge in [-0.25, -0.2) is 9.07 Å². The first-order valence-corrected chi connectivity index (χ1v) is 10.9. The lowest BCUT2D eigenvalue weighted by Crippen LogP contribution is -2.15. The number of methoxy groups -OCH3 is 1. The molecule has 34 heavy (non-hydrogen) atoms. The summed E-state index contributed by atoms with van der Waals surface area (Å²) in [5.74, 6) is 1.48. The molecule has 0 aliphatic heterocycles. The van der Waals surface area contributed by atoms with Gasteiger partial charge in [-0.05, 0) is 48.5 Å². The molecule has 0 unspecified atom stereocenters. The number of carbonyl (C=O) groups excluding carboxylic acids is 1. The summed E-state index contributed by atoms with van der Waals surface area (Å²) in [6, 6.07) is 15.1. The van der Waals surface area contributed by atoms with Gasteiger partial charge in [0.25, 0.3) is 0 Å². The summed E-state index contributed by atoms with van der Waals surface area (Å²) in [7, 11) is 1.60. The van der Waals surface area contributed by atoms with Gasteiger partial charge in [-0.2, -0.15) is 10.1 Å². The molecule has 9 heteroatoms. The number of benzene rings is 2. The first-order chi connectivity index (χ1) is 16.2. The number of anilines is 1.